The van der Waals surface area contributed by atoms with Crippen LogP contribution in [0.4, 0.5) is 0 Å². The Labute approximate surface area is 133 Å². The molecule has 0 aliphatic rings. The Morgan fingerprint density at radius 3 is 1.82 bits per heavy atom. The van der Waals surface area contributed by atoms with Gasteiger partial charge in [0.1, 0.15) is 11.5 Å². The molecule has 2 aromatic rings. The molecule has 3 nitrogen and oxygen atoms in total. The van der Waals surface area contributed by atoms with Crippen LogP contribution in [0.25, 0.3) is 0 Å². The van der Waals surface area contributed by atoms with Crippen LogP contribution < -0.4 is 14.8 Å². The Hall–Kier alpha value is -2.00. The van der Waals surface area contributed by atoms with E-state index in [1.807, 2.05) is 24.3 Å². The zero-order chi connectivity index (χ0) is 15.8. The van der Waals surface area contributed by atoms with Crippen LogP contribution >= 0.6 is 0 Å². The second kappa shape index (κ2) is 8.44. The molecule has 2 rings (SSSR count). The zero-order valence-corrected chi connectivity index (χ0v) is 13.6. The molecule has 22 heavy (non-hydrogen) atoms. The lowest BCUT2D eigenvalue weighted by Gasteiger charge is -2.14. The van der Waals surface area contributed by atoms with Crippen molar-refractivity contribution >= 4 is 0 Å². The normalized spacial score (nSPS) is 12.0. The molecule has 118 valence electrons. The third-order valence-corrected chi connectivity index (χ3v) is 3.77. The SMILES string of the molecule is COc1ccc(CCN[C@H](C)Cc2ccc(OC)cc2)cc1. The summed E-state index contributed by atoms with van der Waals surface area (Å²) >= 11 is 0. The molecule has 0 bridgehead atoms. The fraction of sp³-hybridized carbons (Fsp3) is 0.368. The van der Waals surface area contributed by atoms with Gasteiger partial charge in [0.25, 0.3) is 0 Å². The van der Waals surface area contributed by atoms with Gasteiger partial charge < -0.3 is 14.8 Å². The van der Waals surface area contributed by atoms with Gasteiger partial charge in [-0.1, -0.05) is 24.3 Å². The van der Waals surface area contributed by atoms with E-state index >= 15 is 0 Å². The second-order valence-corrected chi connectivity index (χ2v) is 5.51. The van der Waals surface area contributed by atoms with Gasteiger partial charge in [-0.05, 0) is 61.7 Å². The summed E-state index contributed by atoms with van der Waals surface area (Å²) < 4.78 is 10.4. The van der Waals surface area contributed by atoms with Gasteiger partial charge in [0.2, 0.25) is 0 Å². The van der Waals surface area contributed by atoms with Crippen molar-refractivity contribution in [2.75, 3.05) is 20.8 Å². The maximum atomic E-state index is 5.18. The molecule has 3 heteroatoms. The van der Waals surface area contributed by atoms with Crippen LogP contribution in [0.3, 0.4) is 0 Å². The molecule has 0 heterocycles. The van der Waals surface area contributed by atoms with Gasteiger partial charge in [0, 0.05) is 6.04 Å². The lowest BCUT2D eigenvalue weighted by atomic mass is 10.1. The standard InChI is InChI=1S/C19H25NO2/c1-15(14-17-6-10-19(22-3)11-7-17)20-13-12-16-4-8-18(21-2)9-5-16/h4-11,15,20H,12-14H2,1-3H3/t15-/m1/s1. The zero-order valence-electron chi connectivity index (χ0n) is 13.6. The quantitative estimate of drug-likeness (QED) is 0.809. The average Bonchev–Trinajstić information content (AvgIpc) is 2.56. The molecule has 0 saturated carbocycles. The minimum Gasteiger partial charge on any atom is -0.497 e. The van der Waals surface area contributed by atoms with Gasteiger partial charge in [-0.25, -0.2) is 0 Å². The van der Waals surface area contributed by atoms with Crippen LogP contribution in [-0.4, -0.2) is 26.8 Å². The Morgan fingerprint density at radius 2 is 1.32 bits per heavy atom. The average molecular weight is 299 g/mol. The molecule has 0 aromatic heterocycles. The van der Waals surface area contributed by atoms with Crippen molar-refractivity contribution in [1.82, 2.24) is 5.32 Å². The summed E-state index contributed by atoms with van der Waals surface area (Å²) in [5.41, 5.74) is 2.65. The van der Waals surface area contributed by atoms with E-state index in [9.17, 15) is 0 Å². The third kappa shape index (κ3) is 5.08. The molecular formula is C19H25NO2. The summed E-state index contributed by atoms with van der Waals surface area (Å²) in [6, 6.07) is 17.0. The van der Waals surface area contributed by atoms with Crippen molar-refractivity contribution in [2.24, 2.45) is 0 Å². The summed E-state index contributed by atoms with van der Waals surface area (Å²) in [4.78, 5) is 0. The van der Waals surface area contributed by atoms with Gasteiger partial charge in [0.05, 0.1) is 14.2 Å². The lowest BCUT2D eigenvalue weighted by Crippen LogP contribution is -2.29. The first-order chi connectivity index (χ1) is 10.7. The van der Waals surface area contributed by atoms with E-state index in [0.717, 1.165) is 30.9 Å². The van der Waals surface area contributed by atoms with Crippen molar-refractivity contribution in [1.29, 1.82) is 0 Å². The topological polar surface area (TPSA) is 30.5 Å². The Kier molecular flexibility index (Phi) is 6.28. The number of hydrogen-bond donors (Lipinski definition) is 1. The van der Waals surface area contributed by atoms with Crippen LogP contribution in [-0.2, 0) is 12.8 Å². The summed E-state index contributed by atoms with van der Waals surface area (Å²) in [6.07, 6.45) is 2.05. The maximum absolute atomic E-state index is 5.18. The van der Waals surface area contributed by atoms with Gasteiger partial charge in [-0.3, -0.25) is 0 Å². The van der Waals surface area contributed by atoms with Gasteiger partial charge in [-0.15, -0.1) is 0 Å². The largest absolute Gasteiger partial charge is 0.497 e. The Morgan fingerprint density at radius 1 is 0.818 bits per heavy atom. The molecule has 0 fully saturated rings. The molecule has 0 amide bonds. The molecule has 0 unspecified atom stereocenters. The maximum Gasteiger partial charge on any atom is 0.118 e. The van der Waals surface area contributed by atoms with Crippen molar-refractivity contribution in [3.8, 4) is 11.5 Å². The highest BCUT2D eigenvalue weighted by molar-refractivity contribution is 5.28. The van der Waals surface area contributed by atoms with Crippen molar-refractivity contribution in [3.05, 3.63) is 59.7 Å². The van der Waals surface area contributed by atoms with E-state index in [4.69, 9.17) is 9.47 Å². The van der Waals surface area contributed by atoms with Crippen molar-refractivity contribution in [3.63, 3.8) is 0 Å². The van der Waals surface area contributed by atoms with Crippen LogP contribution in [0.2, 0.25) is 0 Å². The highest BCUT2D eigenvalue weighted by Gasteiger charge is 2.03. The minimum atomic E-state index is 0.451. The van der Waals surface area contributed by atoms with E-state index in [-0.39, 0.29) is 0 Å². The highest BCUT2D eigenvalue weighted by Crippen LogP contribution is 2.13. The Balaban J connectivity index is 1.73. The van der Waals surface area contributed by atoms with E-state index in [0.29, 0.717) is 6.04 Å². The number of hydrogen-bond acceptors (Lipinski definition) is 3. The molecule has 0 aliphatic carbocycles. The predicted octanol–water partition coefficient (Wildman–Crippen LogP) is 3.47. The van der Waals surface area contributed by atoms with Crippen LogP contribution in [0, 0.1) is 0 Å². The fourth-order valence-corrected chi connectivity index (χ4v) is 2.44. The summed E-state index contributed by atoms with van der Waals surface area (Å²) in [5.74, 6) is 1.81. The lowest BCUT2D eigenvalue weighted by molar-refractivity contribution is 0.414. The first-order valence-electron chi connectivity index (χ1n) is 7.70. The van der Waals surface area contributed by atoms with Gasteiger partial charge >= 0.3 is 0 Å². The monoisotopic (exact) mass is 299 g/mol. The minimum absolute atomic E-state index is 0.451. The van der Waals surface area contributed by atoms with E-state index < -0.39 is 0 Å². The summed E-state index contributed by atoms with van der Waals surface area (Å²) in [7, 11) is 3.38. The van der Waals surface area contributed by atoms with E-state index in [1.165, 1.54) is 11.1 Å². The number of benzene rings is 2. The number of ether oxygens (including phenoxy) is 2. The van der Waals surface area contributed by atoms with Crippen molar-refractivity contribution in [2.45, 2.75) is 25.8 Å². The molecule has 2 aromatic carbocycles. The van der Waals surface area contributed by atoms with Crippen molar-refractivity contribution < 1.29 is 9.47 Å². The molecule has 0 aliphatic heterocycles. The number of nitrogens with one attached hydrogen (secondary N) is 1. The first kappa shape index (κ1) is 16.4. The van der Waals surface area contributed by atoms with Crippen LogP contribution in [0.15, 0.2) is 48.5 Å². The van der Waals surface area contributed by atoms with Crippen LogP contribution in [0.1, 0.15) is 18.1 Å². The van der Waals surface area contributed by atoms with E-state index in [1.54, 1.807) is 14.2 Å². The molecule has 0 saturated heterocycles. The molecule has 1 N–H and O–H groups in total. The highest BCUT2D eigenvalue weighted by atomic mass is 16.5. The number of methoxy groups -OCH3 is 2. The van der Waals surface area contributed by atoms with Gasteiger partial charge in [-0.2, -0.15) is 0 Å². The second-order valence-electron chi connectivity index (χ2n) is 5.51. The number of rotatable bonds is 8. The van der Waals surface area contributed by atoms with Crippen LogP contribution in [0.5, 0.6) is 11.5 Å². The molecule has 0 radical (unpaired) electrons. The van der Waals surface area contributed by atoms with E-state index in [2.05, 4.69) is 36.5 Å². The third-order valence-electron chi connectivity index (χ3n) is 3.77. The molecule has 0 spiro atoms. The first-order valence-corrected chi connectivity index (χ1v) is 7.70. The predicted molar refractivity (Wildman–Crippen MR) is 90.9 cm³/mol. The summed E-state index contributed by atoms with van der Waals surface area (Å²) in [6.45, 7) is 3.20. The smallest absolute Gasteiger partial charge is 0.118 e. The van der Waals surface area contributed by atoms with Gasteiger partial charge in [0.15, 0.2) is 0 Å². The molecular weight excluding hydrogens is 274 g/mol. The fourth-order valence-electron chi connectivity index (χ4n) is 2.44. The summed E-state index contributed by atoms with van der Waals surface area (Å²) in [5, 5.41) is 3.57. The Bertz CT molecular complexity index is 549. The molecule has 1 atom stereocenters.